The van der Waals surface area contributed by atoms with Crippen LogP contribution in [0.4, 0.5) is 0 Å². The van der Waals surface area contributed by atoms with E-state index >= 15 is 0 Å². The molecule has 1 saturated carbocycles. The van der Waals surface area contributed by atoms with Gasteiger partial charge in [0.25, 0.3) is 0 Å². The van der Waals surface area contributed by atoms with Crippen LogP contribution < -0.4 is 5.32 Å². The van der Waals surface area contributed by atoms with Crippen LogP contribution in [0.2, 0.25) is 0 Å². The third kappa shape index (κ3) is 7.69. The molecule has 1 aromatic rings. The first-order valence-corrected chi connectivity index (χ1v) is 12.5. The molecule has 2 fully saturated rings. The van der Waals surface area contributed by atoms with E-state index in [-0.39, 0.29) is 23.7 Å². The van der Waals surface area contributed by atoms with Crippen molar-refractivity contribution in [2.45, 2.75) is 81.8 Å². The maximum absolute atomic E-state index is 12.2. The Kier molecular flexibility index (Phi) is 9.39. The second-order valence-corrected chi connectivity index (χ2v) is 9.70. The maximum atomic E-state index is 12.2. The van der Waals surface area contributed by atoms with E-state index in [0.29, 0.717) is 6.42 Å². The average molecular weight is 417 g/mol. The molecule has 0 radical (unpaired) electrons. The number of nitrogens with zero attached hydrogens (tertiary/aromatic N) is 1. The van der Waals surface area contributed by atoms with Crippen molar-refractivity contribution < 1.29 is 9.59 Å². The molecule has 1 aliphatic heterocycles. The van der Waals surface area contributed by atoms with Gasteiger partial charge in [-0.15, -0.1) is 11.8 Å². The lowest BCUT2D eigenvalue weighted by atomic mass is 9.85. The number of carbonyl (C=O) groups is 2. The van der Waals surface area contributed by atoms with Crippen LogP contribution in [0.5, 0.6) is 0 Å². The first-order chi connectivity index (χ1) is 14.2. The molecule has 1 heterocycles. The van der Waals surface area contributed by atoms with Crippen molar-refractivity contribution in [2.24, 2.45) is 5.92 Å². The monoisotopic (exact) mass is 416 g/mol. The van der Waals surface area contributed by atoms with Crippen LogP contribution in [0.15, 0.2) is 30.3 Å². The number of unbranched alkanes of at least 4 members (excludes halogenated alkanes) is 3. The predicted molar refractivity (Wildman–Crippen MR) is 121 cm³/mol. The molecule has 1 unspecified atom stereocenters. The van der Waals surface area contributed by atoms with Crippen LogP contribution in [0.1, 0.15) is 76.2 Å². The van der Waals surface area contributed by atoms with Gasteiger partial charge in [0.05, 0.1) is 11.8 Å². The van der Waals surface area contributed by atoms with Crippen LogP contribution in [-0.2, 0) is 15.3 Å². The molecule has 2 amide bonds. The van der Waals surface area contributed by atoms with Gasteiger partial charge >= 0.3 is 0 Å². The number of nitrogens with one attached hydrogen (secondary N) is 1. The minimum Gasteiger partial charge on any atom is -0.355 e. The Bertz CT molecular complexity index is 631. The first-order valence-electron chi connectivity index (χ1n) is 11.4. The number of likely N-dealkylation sites (tertiary alicyclic amines) is 1. The first kappa shape index (κ1) is 22.2. The Hall–Kier alpha value is -1.49. The number of benzene rings is 1. The van der Waals surface area contributed by atoms with Gasteiger partial charge in [0.2, 0.25) is 11.8 Å². The largest absolute Gasteiger partial charge is 0.355 e. The molecule has 1 aromatic carbocycles. The van der Waals surface area contributed by atoms with Crippen LogP contribution in [0.25, 0.3) is 0 Å². The quantitative estimate of drug-likeness (QED) is 0.380. The molecule has 0 aromatic heterocycles. The fourth-order valence-electron chi connectivity index (χ4n) is 4.36. The van der Waals surface area contributed by atoms with Gasteiger partial charge in [-0.2, -0.15) is 0 Å². The highest BCUT2D eigenvalue weighted by atomic mass is 32.2. The van der Waals surface area contributed by atoms with E-state index in [9.17, 15) is 9.59 Å². The molecule has 29 heavy (non-hydrogen) atoms. The molecule has 0 spiro atoms. The molecule has 0 bridgehead atoms. The molecule has 160 valence electrons. The van der Waals surface area contributed by atoms with Crippen LogP contribution in [0.3, 0.4) is 0 Å². The van der Waals surface area contributed by atoms with Gasteiger partial charge in [0.1, 0.15) is 6.54 Å². The lowest BCUT2D eigenvalue weighted by molar-refractivity contribution is -0.145. The summed E-state index contributed by atoms with van der Waals surface area (Å²) in [6.45, 7) is 0.930. The molecule has 1 atom stereocenters. The van der Waals surface area contributed by atoms with Crippen LogP contribution >= 0.6 is 11.8 Å². The van der Waals surface area contributed by atoms with E-state index in [2.05, 4.69) is 17.4 Å². The van der Waals surface area contributed by atoms with E-state index in [0.717, 1.165) is 24.6 Å². The van der Waals surface area contributed by atoms with Crippen LogP contribution in [0, 0.1) is 5.92 Å². The molecule has 3 rings (SSSR count). The van der Waals surface area contributed by atoms with E-state index in [1.807, 2.05) is 18.2 Å². The Balaban J connectivity index is 1.21. The van der Waals surface area contributed by atoms with Gasteiger partial charge in [-0.1, -0.05) is 88.1 Å². The highest BCUT2D eigenvalue weighted by Crippen LogP contribution is 2.31. The van der Waals surface area contributed by atoms with E-state index in [1.54, 1.807) is 16.7 Å². The standard InChI is InChI=1S/C24H36N2O2S/c27-22(25-16-10-2-1-5-11-20-12-6-3-7-13-20)18-26-23(28)17-24(26)29-19-21-14-8-4-9-15-21/h4,8-9,14-15,20,24H,1-3,5-7,10-13,16-19H2,(H,25,27). The maximum Gasteiger partial charge on any atom is 0.239 e. The summed E-state index contributed by atoms with van der Waals surface area (Å²) in [5.41, 5.74) is 1.25. The van der Waals surface area contributed by atoms with Crippen molar-refractivity contribution >= 4 is 23.6 Å². The summed E-state index contributed by atoms with van der Waals surface area (Å²) >= 11 is 1.74. The number of β-lactam (4-membered cyclic amide) rings is 1. The molecule has 1 N–H and O–H groups in total. The van der Waals surface area contributed by atoms with Crippen molar-refractivity contribution in [1.82, 2.24) is 10.2 Å². The van der Waals surface area contributed by atoms with Crippen LogP contribution in [-0.4, -0.2) is 35.2 Å². The highest BCUT2D eigenvalue weighted by Gasteiger charge is 2.37. The molecular weight excluding hydrogens is 380 g/mol. The summed E-state index contributed by atoms with van der Waals surface area (Å²) in [4.78, 5) is 25.8. The predicted octanol–water partition coefficient (Wildman–Crippen LogP) is 5.13. The number of carbonyl (C=O) groups excluding carboxylic acids is 2. The topological polar surface area (TPSA) is 49.4 Å². The summed E-state index contributed by atoms with van der Waals surface area (Å²) < 4.78 is 0. The molecular formula is C24H36N2O2S. The van der Waals surface area contributed by atoms with Gasteiger partial charge in [0, 0.05) is 12.3 Å². The van der Waals surface area contributed by atoms with E-state index in [1.165, 1.54) is 63.4 Å². The lowest BCUT2D eigenvalue weighted by Crippen LogP contribution is -2.54. The Morgan fingerprint density at radius 3 is 2.55 bits per heavy atom. The normalized spacial score (nSPS) is 19.8. The minimum atomic E-state index is -0.0226. The van der Waals surface area contributed by atoms with E-state index < -0.39 is 0 Å². The van der Waals surface area contributed by atoms with Crippen molar-refractivity contribution in [2.75, 3.05) is 13.1 Å². The van der Waals surface area contributed by atoms with Crippen molar-refractivity contribution in [3.05, 3.63) is 35.9 Å². The van der Waals surface area contributed by atoms with Gasteiger partial charge in [0.15, 0.2) is 0 Å². The second kappa shape index (κ2) is 12.3. The highest BCUT2D eigenvalue weighted by molar-refractivity contribution is 7.99. The summed E-state index contributed by atoms with van der Waals surface area (Å²) in [6, 6.07) is 10.3. The second-order valence-electron chi connectivity index (χ2n) is 8.53. The fourth-order valence-corrected chi connectivity index (χ4v) is 5.57. The molecule has 2 aliphatic rings. The Morgan fingerprint density at radius 1 is 1.03 bits per heavy atom. The Labute approximate surface area is 180 Å². The smallest absolute Gasteiger partial charge is 0.239 e. The molecule has 5 heteroatoms. The molecule has 4 nitrogen and oxygen atoms in total. The number of amides is 2. The number of rotatable bonds is 12. The Morgan fingerprint density at radius 2 is 1.79 bits per heavy atom. The zero-order chi connectivity index (χ0) is 20.3. The number of thioether (sulfide) groups is 1. The molecule has 1 saturated heterocycles. The lowest BCUT2D eigenvalue weighted by Gasteiger charge is -2.39. The van der Waals surface area contributed by atoms with Crippen molar-refractivity contribution in [3.63, 3.8) is 0 Å². The van der Waals surface area contributed by atoms with Crippen molar-refractivity contribution in [1.29, 1.82) is 0 Å². The van der Waals surface area contributed by atoms with Crippen molar-refractivity contribution in [3.8, 4) is 0 Å². The van der Waals surface area contributed by atoms with Gasteiger partial charge in [-0.3, -0.25) is 9.59 Å². The number of hydrogen-bond donors (Lipinski definition) is 1. The SMILES string of the molecule is O=C(CN1C(=O)CC1SCc1ccccc1)NCCCCCCC1CCCCC1. The van der Waals surface area contributed by atoms with Gasteiger partial charge in [-0.25, -0.2) is 0 Å². The average Bonchev–Trinajstić information content (AvgIpc) is 2.75. The zero-order valence-corrected chi connectivity index (χ0v) is 18.4. The molecule has 1 aliphatic carbocycles. The van der Waals surface area contributed by atoms with E-state index in [4.69, 9.17) is 0 Å². The third-order valence-electron chi connectivity index (χ3n) is 6.20. The zero-order valence-electron chi connectivity index (χ0n) is 17.6. The summed E-state index contributed by atoms with van der Waals surface area (Å²) in [5, 5.41) is 3.13. The fraction of sp³-hybridized carbons (Fsp3) is 0.667. The number of hydrogen-bond acceptors (Lipinski definition) is 3. The summed E-state index contributed by atoms with van der Waals surface area (Å²) in [6.07, 6.45) is 14.0. The third-order valence-corrected chi connectivity index (χ3v) is 7.51. The summed E-state index contributed by atoms with van der Waals surface area (Å²) in [7, 11) is 0. The minimum absolute atomic E-state index is 0.0226. The van der Waals surface area contributed by atoms with Gasteiger partial charge in [-0.05, 0) is 17.9 Å². The summed E-state index contributed by atoms with van der Waals surface area (Å²) in [5.74, 6) is 1.92. The van der Waals surface area contributed by atoms with Gasteiger partial charge < -0.3 is 10.2 Å².